The normalized spacial score (nSPS) is 15.5. The summed E-state index contributed by atoms with van der Waals surface area (Å²) in [6, 6.07) is 12.4. The zero-order chi connectivity index (χ0) is 26.8. The van der Waals surface area contributed by atoms with Crippen LogP contribution in [0, 0.1) is 17.7 Å². The predicted molar refractivity (Wildman–Crippen MR) is 143 cm³/mol. The average Bonchev–Trinajstić information content (AvgIpc) is 3.15. The third kappa shape index (κ3) is 6.78. The van der Waals surface area contributed by atoms with Crippen molar-refractivity contribution in [1.29, 1.82) is 0 Å². The molecule has 3 aromatic rings. The van der Waals surface area contributed by atoms with Crippen LogP contribution in [0.3, 0.4) is 0 Å². The summed E-state index contributed by atoms with van der Waals surface area (Å²) >= 11 is 0. The number of aromatic nitrogens is 1. The molecule has 0 saturated carbocycles. The van der Waals surface area contributed by atoms with Gasteiger partial charge in [0.05, 0.1) is 23.4 Å². The predicted octanol–water partition coefficient (Wildman–Crippen LogP) is 6.61. The van der Waals surface area contributed by atoms with Crippen LogP contribution in [0.1, 0.15) is 44.9 Å². The molecule has 2 N–H and O–H groups in total. The van der Waals surface area contributed by atoms with Gasteiger partial charge in [-0.2, -0.15) is 13.2 Å². The van der Waals surface area contributed by atoms with Gasteiger partial charge in [0.25, 0.3) is 0 Å². The van der Waals surface area contributed by atoms with Gasteiger partial charge in [-0.05, 0) is 80.2 Å². The summed E-state index contributed by atoms with van der Waals surface area (Å²) in [5.74, 6) is 5.37. The molecule has 4 rings (SSSR count). The molecule has 0 atom stereocenters. The molecule has 2 heterocycles. The summed E-state index contributed by atoms with van der Waals surface area (Å²) in [5, 5.41) is 7.18. The second-order valence-corrected chi connectivity index (χ2v) is 10.8. The molecule has 0 aliphatic carbocycles. The number of benzene rings is 2. The van der Waals surface area contributed by atoms with Crippen LogP contribution in [-0.4, -0.2) is 48.4 Å². The monoisotopic (exact) mass is 514 g/mol. The van der Waals surface area contributed by atoms with E-state index in [0.29, 0.717) is 16.6 Å². The number of hydrogen-bond acceptors (Lipinski definition) is 3. The first-order chi connectivity index (χ1) is 17.4. The third-order valence-corrected chi connectivity index (χ3v) is 6.78. The van der Waals surface area contributed by atoms with Gasteiger partial charge in [-0.15, -0.1) is 0 Å². The fourth-order valence-electron chi connectivity index (χ4n) is 4.64. The van der Waals surface area contributed by atoms with E-state index in [1.807, 2.05) is 32.9 Å². The smallest absolute Gasteiger partial charge is 0.382 e. The van der Waals surface area contributed by atoms with Gasteiger partial charge in [0.2, 0.25) is 0 Å². The molecule has 4 nitrogen and oxygen atoms in total. The number of piperidine rings is 1. The highest BCUT2D eigenvalue weighted by molar-refractivity contribution is 5.94. The number of halogens is 4. The summed E-state index contributed by atoms with van der Waals surface area (Å²) in [6.45, 7) is 6.95. The van der Waals surface area contributed by atoms with E-state index in [0.717, 1.165) is 37.2 Å². The lowest BCUT2D eigenvalue weighted by atomic mass is 9.87. The molecule has 1 fully saturated rings. The van der Waals surface area contributed by atoms with E-state index in [1.165, 1.54) is 10.6 Å². The lowest BCUT2D eigenvalue weighted by Gasteiger charge is -2.30. The Morgan fingerprint density at radius 1 is 1.00 bits per heavy atom. The van der Waals surface area contributed by atoms with Crippen LogP contribution in [0.25, 0.3) is 10.9 Å². The zero-order valence-electron chi connectivity index (χ0n) is 21.8. The SMILES string of the molecule is CN1CCC(Nc2cccc3c2cc(C#CCNc2ccc(C(C)(C)C)cc2F)n3CC(F)(F)F)CC1. The van der Waals surface area contributed by atoms with E-state index in [2.05, 4.69) is 34.4 Å². The second-order valence-electron chi connectivity index (χ2n) is 10.8. The van der Waals surface area contributed by atoms with Gasteiger partial charge >= 0.3 is 6.18 Å². The number of hydrogen-bond donors (Lipinski definition) is 2. The van der Waals surface area contributed by atoms with Crippen LogP contribution < -0.4 is 10.6 Å². The molecule has 2 aromatic carbocycles. The van der Waals surface area contributed by atoms with E-state index in [-0.39, 0.29) is 29.5 Å². The molecule has 37 heavy (non-hydrogen) atoms. The molecule has 0 bridgehead atoms. The van der Waals surface area contributed by atoms with E-state index in [1.54, 1.807) is 24.3 Å². The number of rotatable bonds is 5. The minimum absolute atomic E-state index is 0.0972. The fraction of sp³-hybridized carbons (Fsp3) is 0.448. The molecule has 198 valence electrons. The van der Waals surface area contributed by atoms with Crippen molar-refractivity contribution >= 4 is 22.3 Å². The Labute approximate surface area is 216 Å². The van der Waals surface area contributed by atoms with Crippen molar-refractivity contribution in [2.24, 2.45) is 0 Å². The zero-order valence-corrected chi connectivity index (χ0v) is 21.8. The topological polar surface area (TPSA) is 32.2 Å². The molecule has 1 aliphatic heterocycles. The van der Waals surface area contributed by atoms with Crippen molar-refractivity contribution in [3.05, 3.63) is 59.5 Å². The molecule has 1 saturated heterocycles. The van der Waals surface area contributed by atoms with E-state index in [9.17, 15) is 17.6 Å². The summed E-state index contributed by atoms with van der Waals surface area (Å²) in [7, 11) is 2.09. The van der Waals surface area contributed by atoms with Gasteiger partial charge in [0, 0.05) is 17.1 Å². The molecule has 0 radical (unpaired) electrons. The number of nitrogens with zero attached hydrogens (tertiary/aromatic N) is 2. The van der Waals surface area contributed by atoms with Crippen molar-refractivity contribution in [3.8, 4) is 11.8 Å². The highest BCUT2D eigenvalue weighted by Crippen LogP contribution is 2.31. The van der Waals surface area contributed by atoms with Crippen LogP contribution in [0.5, 0.6) is 0 Å². The second kappa shape index (κ2) is 10.7. The number of alkyl halides is 3. The molecule has 8 heteroatoms. The molecule has 1 aliphatic rings. The first-order valence-electron chi connectivity index (χ1n) is 12.6. The average molecular weight is 515 g/mol. The minimum atomic E-state index is -4.39. The summed E-state index contributed by atoms with van der Waals surface area (Å²) in [6.07, 6.45) is -2.44. The minimum Gasteiger partial charge on any atom is -0.382 e. The standard InChI is InChI=1S/C29H34F4N4/c1-28(2,3)20-10-11-26(24(30)17-20)34-14-6-7-22-18-23-25(35-21-12-15-36(4)16-13-21)8-5-9-27(23)37(22)19-29(31,32)33/h5,8-11,17-18,21,34-35H,12-16,19H2,1-4H3. The van der Waals surface area contributed by atoms with Crippen molar-refractivity contribution < 1.29 is 17.6 Å². The van der Waals surface area contributed by atoms with Crippen molar-refractivity contribution in [3.63, 3.8) is 0 Å². The van der Waals surface area contributed by atoms with Crippen LogP contribution in [0.2, 0.25) is 0 Å². The Morgan fingerprint density at radius 2 is 1.73 bits per heavy atom. The first kappa shape index (κ1) is 26.9. The summed E-state index contributed by atoms with van der Waals surface area (Å²) in [5.41, 5.74) is 2.58. The Kier molecular flexibility index (Phi) is 7.75. The van der Waals surface area contributed by atoms with E-state index >= 15 is 0 Å². The Bertz CT molecular complexity index is 1300. The highest BCUT2D eigenvalue weighted by atomic mass is 19.4. The molecule has 0 amide bonds. The Morgan fingerprint density at radius 3 is 2.38 bits per heavy atom. The molecule has 0 unspecified atom stereocenters. The van der Waals surface area contributed by atoms with Crippen LogP contribution in [0.15, 0.2) is 42.5 Å². The van der Waals surface area contributed by atoms with Gasteiger partial charge in [0.1, 0.15) is 12.4 Å². The molecule has 1 aromatic heterocycles. The maximum Gasteiger partial charge on any atom is 0.406 e. The Balaban J connectivity index is 1.57. The van der Waals surface area contributed by atoms with Crippen molar-refractivity contribution in [2.75, 3.05) is 37.3 Å². The van der Waals surface area contributed by atoms with E-state index in [4.69, 9.17) is 0 Å². The largest absolute Gasteiger partial charge is 0.406 e. The fourth-order valence-corrected chi connectivity index (χ4v) is 4.64. The lowest BCUT2D eigenvalue weighted by Crippen LogP contribution is -2.36. The first-order valence-corrected chi connectivity index (χ1v) is 12.6. The van der Waals surface area contributed by atoms with Gasteiger partial charge in [-0.3, -0.25) is 0 Å². The summed E-state index contributed by atoms with van der Waals surface area (Å²) < 4.78 is 56.1. The van der Waals surface area contributed by atoms with Gasteiger partial charge in [0.15, 0.2) is 0 Å². The van der Waals surface area contributed by atoms with E-state index < -0.39 is 12.7 Å². The van der Waals surface area contributed by atoms with Crippen LogP contribution >= 0.6 is 0 Å². The third-order valence-electron chi connectivity index (χ3n) is 6.78. The van der Waals surface area contributed by atoms with Gasteiger partial charge < -0.3 is 20.1 Å². The molecule has 0 spiro atoms. The van der Waals surface area contributed by atoms with Crippen LogP contribution in [0.4, 0.5) is 28.9 Å². The maximum atomic E-state index is 14.5. The number of anilines is 2. The summed E-state index contributed by atoms with van der Waals surface area (Å²) in [4.78, 5) is 2.27. The molecular weight excluding hydrogens is 480 g/mol. The molecular formula is C29H34F4N4. The quantitative estimate of drug-likeness (QED) is 0.297. The highest BCUT2D eigenvalue weighted by Gasteiger charge is 2.30. The number of likely N-dealkylation sites (tertiary alicyclic amines) is 1. The van der Waals surface area contributed by atoms with Gasteiger partial charge in [-0.1, -0.05) is 38.8 Å². The van der Waals surface area contributed by atoms with Crippen LogP contribution in [-0.2, 0) is 12.0 Å². The number of fused-ring (bicyclic) bond motifs is 1. The lowest BCUT2D eigenvalue weighted by molar-refractivity contribution is -0.140. The van der Waals surface area contributed by atoms with Crippen molar-refractivity contribution in [2.45, 2.75) is 57.8 Å². The van der Waals surface area contributed by atoms with Crippen molar-refractivity contribution in [1.82, 2.24) is 9.47 Å². The maximum absolute atomic E-state index is 14.5. The Hall–Kier alpha value is -3.18. The van der Waals surface area contributed by atoms with Gasteiger partial charge in [-0.25, -0.2) is 4.39 Å². The number of nitrogens with one attached hydrogen (secondary N) is 2.